The van der Waals surface area contributed by atoms with Crippen molar-refractivity contribution in [1.29, 1.82) is 0 Å². The molecule has 1 N–H and O–H groups in total. The second-order valence-corrected chi connectivity index (χ2v) is 3.28. The maximum absolute atomic E-state index is 12.9. The van der Waals surface area contributed by atoms with Crippen LogP contribution in [0.4, 0.5) is 4.39 Å². The van der Waals surface area contributed by atoms with Gasteiger partial charge in [-0.15, -0.1) is 0 Å². The van der Waals surface area contributed by atoms with E-state index in [-0.39, 0.29) is 11.1 Å². The maximum atomic E-state index is 12.9. The smallest absolute Gasteiger partial charge is 0.336 e. The molecule has 2 nitrogen and oxygen atoms in total. The minimum absolute atomic E-state index is 0.0122. The van der Waals surface area contributed by atoms with Gasteiger partial charge in [0, 0.05) is 4.47 Å². The summed E-state index contributed by atoms with van der Waals surface area (Å²) in [5, 5.41) is 8.63. The number of carboxylic acids is 1. The number of carbonyl (C=O) groups is 1. The first-order valence-electron chi connectivity index (χ1n) is 4.21. The van der Waals surface area contributed by atoms with Gasteiger partial charge in [-0.05, 0) is 24.6 Å². The Kier molecular flexibility index (Phi) is 5.38. The van der Waals surface area contributed by atoms with Crippen LogP contribution in [0.25, 0.3) is 0 Å². The highest BCUT2D eigenvalue weighted by atomic mass is 79.9. The number of hydrogen-bond acceptors (Lipinski definition) is 1. The minimum atomic E-state index is -1.12. The molecule has 0 fully saturated rings. The topological polar surface area (TPSA) is 37.3 Å². The molecule has 0 amide bonds. The first kappa shape index (κ1) is 13.1. The molecule has 0 aliphatic rings. The number of hydrogen-bond donors (Lipinski definition) is 1. The summed E-state index contributed by atoms with van der Waals surface area (Å²) >= 11 is 3.01. The Labute approximate surface area is 90.9 Å². The van der Waals surface area contributed by atoms with Crippen LogP contribution in [0.1, 0.15) is 29.8 Å². The van der Waals surface area contributed by atoms with Gasteiger partial charge >= 0.3 is 5.97 Å². The summed E-state index contributed by atoms with van der Waals surface area (Å²) in [4.78, 5) is 10.5. The number of halogens is 2. The van der Waals surface area contributed by atoms with Crippen LogP contribution in [-0.4, -0.2) is 11.1 Å². The predicted octanol–water partition coefficient (Wildman–Crippen LogP) is 3.62. The van der Waals surface area contributed by atoms with Crippen LogP contribution in [0.15, 0.2) is 16.6 Å². The molecule has 0 heterocycles. The van der Waals surface area contributed by atoms with Crippen LogP contribution in [0.3, 0.4) is 0 Å². The van der Waals surface area contributed by atoms with Crippen molar-refractivity contribution < 1.29 is 14.3 Å². The predicted molar refractivity (Wildman–Crippen MR) is 57.1 cm³/mol. The van der Waals surface area contributed by atoms with Crippen molar-refractivity contribution in [3.63, 3.8) is 0 Å². The van der Waals surface area contributed by atoms with Crippen LogP contribution in [-0.2, 0) is 0 Å². The SMILES string of the molecule is CC.Cc1c(F)cc(Br)cc1C(=O)O. The molecular weight excluding hydrogens is 251 g/mol. The molecule has 0 bridgehead atoms. The van der Waals surface area contributed by atoms with E-state index in [0.717, 1.165) is 0 Å². The number of aromatic carboxylic acids is 1. The van der Waals surface area contributed by atoms with E-state index in [0.29, 0.717) is 4.47 Å². The van der Waals surface area contributed by atoms with Crippen molar-refractivity contribution in [2.24, 2.45) is 0 Å². The van der Waals surface area contributed by atoms with Gasteiger partial charge in [0.05, 0.1) is 5.56 Å². The van der Waals surface area contributed by atoms with Gasteiger partial charge in [-0.3, -0.25) is 0 Å². The van der Waals surface area contributed by atoms with E-state index in [1.165, 1.54) is 19.1 Å². The van der Waals surface area contributed by atoms with Crippen LogP contribution in [0, 0.1) is 12.7 Å². The Balaban J connectivity index is 0.000000791. The van der Waals surface area contributed by atoms with Gasteiger partial charge in [0.2, 0.25) is 0 Å². The fourth-order valence-corrected chi connectivity index (χ4v) is 1.30. The third kappa shape index (κ3) is 3.10. The average Bonchev–Trinajstić information content (AvgIpc) is 2.14. The molecule has 0 aliphatic heterocycles. The van der Waals surface area contributed by atoms with Crippen LogP contribution in [0.5, 0.6) is 0 Å². The van der Waals surface area contributed by atoms with Crippen LogP contribution in [0.2, 0.25) is 0 Å². The number of benzene rings is 1. The maximum Gasteiger partial charge on any atom is 0.336 e. The molecule has 0 saturated carbocycles. The summed E-state index contributed by atoms with van der Waals surface area (Å²) in [6.07, 6.45) is 0. The standard InChI is InChI=1S/C8H6BrFO2.C2H6/c1-4-6(8(11)12)2-5(9)3-7(4)10;1-2/h2-3H,1H3,(H,11,12);1-2H3. The van der Waals surface area contributed by atoms with Crippen LogP contribution >= 0.6 is 15.9 Å². The first-order valence-corrected chi connectivity index (χ1v) is 5.00. The van der Waals surface area contributed by atoms with Gasteiger partial charge in [-0.25, -0.2) is 9.18 Å². The van der Waals surface area contributed by atoms with E-state index >= 15 is 0 Å². The van der Waals surface area contributed by atoms with E-state index < -0.39 is 11.8 Å². The molecule has 0 aromatic heterocycles. The molecule has 0 unspecified atom stereocenters. The Bertz CT molecular complexity index is 337. The summed E-state index contributed by atoms with van der Waals surface area (Å²) in [5.74, 6) is -1.63. The molecule has 78 valence electrons. The molecule has 0 saturated heterocycles. The van der Waals surface area contributed by atoms with Crippen molar-refractivity contribution in [2.45, 2.75) is 20.8 Å². The Morgan fingerprint density at radius 1 is 1.43 bits per heavy atom. The highest BCUT2D eigenvalue weighted by Gasteiger charge is 2.11. The lowest BCUT2D eigenvalue weighted by molar-refractivity contribution is 0.0695. The minimum Gasteiger partial charge on any atom is -0.478 e. The molecule has 0 atom stereocenters. The molecular formula is C10H12BrFO2. The Morgan fingerprint density at radius 2 is 1.93 bits per heavy atom. The quantitative estimate of drug-likeness (QED) is 0.840. The Hall–Kier alpha value is -0.900. The first-order chi connectivity index (χ1) is 6.52. The largest absolute Gasteiger partial charge is 0.478 e. The van der Waals surface area contributed by atoms with Crippen molar-refractivity contribution >= 4 is 21.9 Å². The van der Waals surface area contributed by atoms with E-state index in [1.807, 2.05) is 13.8 Å². The Morgan fingerprint density at radius 3 is 2.36 bits per heavy atom. The van der Waals surface area contributed by atoms with Crippen molar-refractivity contribution in [1.82, 2.24) is 0 Å². The van der Waals surface area contributed by atoms with Crippen molar-refractivity contribution in [2.75, 3.05) is 0 Å². The second kappa shape index (κ2) is 5.75. The summed E-state index contributed by atoms with van der Waals surface area (Å²) in [7, 11) is 0. The highest BCUT2D eigenvalue weighted by molar-refractivity contribution is 9.10. The number of carboxylic acid groups (broad SMARTS) is 1. The molecule has 14 heavy (non-hydrogen) atoms. The van der Waals surface area contributed by atoms with Gasteiger partial charge in [-0.1, -0.05) is 29.8 Å². The van der Waals surface area contributed by atoms with Gasteiger partial charge in [0.15, 0.2) is 0 Å². The zero-order valence-corrected chi connectivity index (χ0v) is 9.85. The average molecular weight is 263 g/mol. The monoisotopic (exact) mass is 262 g/mol. The zero-order valence-electron chi connectivity index (χ0n) is 8.27. The second-order valence-electron chi connectivity index (χ2n) is 2.37. The van der Waals surface area contributed by atoms with Gasteiger partial charge in [-0.2, -0.15) is 0 Å². The third-order valence-corrected chi connectivity index (χ3v) is 2.00. The summed E-state index contributed by atoms with van der Waals surface area (Å²) in [6, 6.07) is 2.61. The lowest BCUT2D eigenvalue weighted by Crippen LogP contribution is -2.01. The van der Waals surface area contributed by atoms with Crippen LogP contribution < -0.4 is 0 Å². The molecule has 0 spiro atoms. The van der Waals surface area contributed by atoms with Gasteiger partial charge < -0.3 is 5.11 Å². The fraction of sp³-hybridized carbons (Fsp3) is 0.300. The molecule has 0 aliphatic carbocycles. The third-order valence-electron chi connectivity index (χ3n) is 1.54. The number of rotatable bonds is 1. The summed E-state index contributed by atoms with van der Waals surface area (Å²) in [6.45, 7) is 5.44. The fourth-order valence-electron chi connectivity index (χ4n) is 0.868. The van der Waals surface area contributed by atoms with Gasteiger partial charge in [0.25, 0.3) is 0 Å². The molecule has 1 rings (SSSR count). The van der Waals surface area contributed by atoms with Crippen molar-refractivity contribution in [3.8, 4) is 0 Å². The summed E-state index contributed by atoms with van der Waals surface area (Å²) in [5.41, 5.74) is 0.146. The normalized spacial score (nSPS) is 8.93. The summed E-state index contributed by atoms with van der Waals surface area (Å²) < 4.78 is 13.3. The molecule has 1 aromatic carbocycles. The van der Waals surface area contributed by atoms with E-state index in [9.17, 15) is 9.18 Å². The highest BCUT2D eigenvalue weighted by Crippen LogP contribution is 2.19. The lowest BCUT2D eigenvalue weighted by atomic mass is 10.1. The van der Waals surface area contributed by atoms with E-state index in [2.05, 4.69) is 15.9 Å². The van der Waals surface area contributed by atoms with Gasteiger partial charge in [0.1, 0.15) is 5.82 Å². The lowest BCUT2D eigenvalue weighted by Gasteiger charge is -2.02. The molecule has 0 radical (unpaired) electrons. The molecule has 4 heteroatoms. The van der Waals surface area contributed by atoms with E-state index in [4.69, 9.17) is 5.11 Å². The van der Waals surface area contributed by atoms with Crippen molar-refractivity contribution in [3.05, 3.63) is 33.5 Å². The molecule has 1 aromatic rings. The van der Waals surface area contributed by atoms with E-state index in [1.54, 1.807) is 0 Å². The zero-order chi connectivity index (χ0) is 11.3.